The second-order valence-electron chi connectivity index (χ2n) is 4.23. The zero-order valence-electron chi connectivity index (χ0n) is 9.66. The molecular weight excluding hydrogens is 190 g/mol. The molecule has 1 aromatic heterocycles. The quantitative estimate of drug-likeness (QED) is 0.825. The lowest BCUT2D eigenvalue weighted by atomic mass is 10.0. The van der Waals surface area contributed by atoms with Gasteiger partial charge >= 0.3 is 0 Å². The van der Waals surface area contributed by atoms with Gasteiger partial charge in [-0.3, -0.25) is 0 Å². The molecule has 84 valence electrons. The predicted octanol–water partition coefficient (Wildman–Crippen LogP) is 1.83. The van der Waals surface area contributed by atoms with Crippen molar-refractivity contribution in [2.24, 2.45) is 5.92 Å². The van der Waals surface area contributed by atoms with Gasteiger partial charge < -0.3 is 14.6 Å². The lowest BCUT2D eigenvalue weighted by molar-refractivity contribution is 0.175. The van der Waals surface area contributed by atoms with Crippen molar-refractivity contribution in [2.75, 3.05) is 25.6 Å². The van der Waals surface area contributed by atoms with E-state index in [2.05, 4.69) is 28.0 Å². The number of nitrogens with zero attached hydrogens (tertiary/aromatic N) is 2. The van der Waals surface area contributed by atoms with Gasteiger partial charge in [-0.1, -0.05) is 0 Å². The average Bonchev–Trinajstić information content (AvgIpc) is 2.84. The maximum atomic E-state index is 5.43. The van der Waals surface area contributed by atoms with Gasteiger partial charge in [-0.25, -0.2) is 4.98 Å². The molecule has 0 aliphatic carbocycles. The molecular formula is C11H19N3O. The molecule has 0 spiro atoms. The Bertz CT molecular complexity index is 329. The van der Waals surface area contributed by atoms with Crippen molar-refractivity contribution in [3.63, 3.8) is 0 Å². The van der Waals surface area contributed by atoms with E-state index in [1.807, 2.05) is 14.0 Å². The molecule has 15 heavy (non-hydrogen) atoms. The second kappa shape index (κ2) is 4.23. The van der Waals surface area contributed by atoms with Crippen molar-refractivity contribution in [1.29, 1.82) is 0 Å². The Morgan fingerprint density at radius 1 is 1.67 bits per heavy atom. The number of ether oxygens (including phenoxy) is 1. The molecule has 1 fully saturated rings. The highest BCUT2D eigenvalue weighted by Crippen LogP contribution is 2.28. The number of hydrogen-bond donors (Lipinski definition) is 1. The zero-order chi connectivity index (χ0) is 10.8. The third-order valence-corrected chi connectivity index (χ3v) is 3.16. The first kappa shape index (κ1) is 10.5. The van der Waals surface area contributed by atoms with E-state index in [1.165, 1.54) is 0 Å². The van der Waals surface area contributed by atoms with E-state index >= 15 is 0 Å². The summed E-state index contributed by atoms with van der Waals surface area (Å²) in [6.07, 6.45) is 3.26. The van der Waals surface area contributed by atoms with Gasteiger partial charge in [-0.2, -0.15) is 0 Å². The van der Waals surface area contributed by atoms with Gasteiger partial charge in [-0.15, -0.1) is 0 Å². The van der Waals surface area contributed by atoms with Crippen LogP contribution in [0.3, 0.4) is 0 Å². The molecule has 0 amide bonds. The monoisotopic (exact) mass is 209 g/mol. The molecule has 0 bridgehead atoms. The topological polar surface area (TPSA) is 39.1 Å². The molecule has 0 radical (unpaired) electrons. The number of anilines is 1. The first-order chi connectivity index (χ1) is 7.22. The SMILES string of the molecule is CNc1nc(C)cn1C(C)C1CCOC1. The van der Waals surface area contributed by atoms with Gasteiger partial charge in [0.05, 0.1) is 12.3 Å². The Labute approximate surface area is 90.6 Å². The molecule has 0 saturated carbocycles. The first-order valence-corrected chi connectivity index (χ1v) is 5.53. The van der Waals surface area contributed by atoms with E-state index < -0.39 is 0 Å². The Kier molecular flexibility index (Phi) is 2.95. The van der Waals surface area contributed by atoms with Gasteiger partial charge in [-0.05, 0) is 20.3 Å². The molecule has 2 atom stereocenters. The van der Waals surface area contributed by atoms with Crippen molar-refractivity contribution in [2.45, 2.75) is 26.3 Å². The minimum absolute atomic E-state index is 0.455. The van der Waals surface area contributed by atoms with E-state index in [1.54, 1.807) is 0 Å². The summed E-state index contributed by atoms with van der Waals surface area (Å²) in [5, 5.41) is 3.13. The van der Waals surface area contributed by atoms with Crippen LogP contribution in [0.4, 0.5) is 5.95 Å². The summed E-state index contributed by atoms with van der Waals surface area (Å²) in [4.78, 5) is 4.43. The Morgan fingerprint density at radius 2 is 2.47 bits per heavy atom. The third kappa shape index (κ3) is 2.00. The van der Waals surface area contributed by atoms with Crippen molar-refractivity contribution < 1.29 is 4.74 Å². The van der Waals surface area contributed by atoms with Crippen LogP contribution in [0.1, 0.15) is 25.1 Å². The molecule has 2 rings (SSSR count). The van der Waals surface area contributed by atoms with Crippen LogP contribution in [0, 0.1) is 12.8 Å². The lowest BCUT2D eigenvalue weighted by Gasteiger charge is -2.21. The molecule has 4 heteroatoms. The standard InChI is InChI=1S/C11H19N3O/c1-8-6-14(11(12-3)13-8)9(2)10-4-5-15-7-10/h6,9-10H,4-5,7H2,1-3H3,(H,12,13). The smallest absolute Gasteiger partial charge is 0.203 e. The van der Waals surface area contributed by atoms with Crippen molar-refractivity contribution >= 4 is 5.95 Å². The van der Waals surface area contributed by atoms with Crippen LogP contribution in [-0.2, 0) is 4.74 Å². The van der Waals surface area contributed by atoms with Crippen molar-refractivity contribution in [3.05, 3.63) is 11.9 Å². The minimum atomic E-state index is 0.455. The maximum Gasteiger partial charge on any atom is 0.203 e. The van der Waals surface area contributed by atoms with E-state index in [0.717, 1.165) is 31.3 Å². The molecule has 2 unspecified atom stereocenters. The lowest BCUT2D eigenvalue weighted by Crippen LogP contribution is -2.17. The molecule has 1 aliphatic heterocycles. The fraction of sp³-hybridized carbons (Fsp3) is 0.727. The molecule has 1 aliphatic rings. The zero-order valence-corrected chi connectivity index (χ0v) is 9.66. The average molecular weight is 209 g/mol. The maximum absolute atomic E-state index is 5.43. The fourth-order valence-corrected chi connectivity index (χ4v) is 2.17. The normalized spacial score (nSPS) is 23.0. The minimum Gasteiger partial charge on any atom is -0.381 e. The Hall–Kier alpha value is -1.03. The van der Waals surface area contributed by atoms with Crippen LogP contribution < -0.4 is 5.32 Å². The first-order valence-electron chi connectivity index (χ1n) is 5.53. The summed E-state index contributed by atoms with van der Waals surface area (Å²) >= 11 is 0. The molecule has 0 aromatic carbocycles. The fourth-order valence-electron chi connectivity index (χ4n) is 2.17. The van der Waals surface area contributed by atoms with E-state index in [-0.39, 0.29) is 0 Å². The summed E-state index contributed by atoms with van der Waals surface area (Å²) in [7, 11) is 1.91. The van der Waals surface area contributed by atoms with Crippen LogP contribution in [0.2, 0.25) is 0 Å². The van der Waals surface area contributed by atoms with Crippen LogP contribution in [-0.4, -0.2) is 29.8 Å². The molecule has 2 heterocycles. The van der Waals surface area contributed by atoms with Gasteiger partial charge in [0.25, 0.3) is 0 Å². The number of aryl methyl sites for hydroxylation is 1. The largest absolute Gasteiger partial charge is 0.381 e. The van der Waals surface area contributed by atoms with Gasteiger partial charge in [0.15, 0.2) is 0 Å². The van der Waals surface area contributed by atoms with Gasteiger partial charge in [0, 0.05) is 31.8 Å². The summed E-state index contributed by atoms with van der Waals surface area (Å²) in [5.74, 6) is 1.57. The molecule has 4 nitrogen and oxygen atoms in total. The summed E-state index contributed by atoms with van der Waals surface area (Å²) < 4.78 is 7.64. The number of imidazole rings is 1. The number of rotatable bonds is 3. The third-order valence-electron chi connectivity index (χ3n) is 3.16. The summed E-state index contributed by atoms with van der Waals surface area (Å²) in [5.41, 5.74) is 1.06. The van der Waals surface area contributed by atoms with Gasteiger partial charge in [0.2, 0.25) is 5.95 Å². The highest BCUT2D eigenvalue weighted by atomic mass is 16.5. The van der Waals surface area contributed by atoms with Crippen molar-refractivity contribution in [3.8, 4) is 0 Å². The van der Waals surface area contributed by atoms with E-state index in [4.69, 9.17) is 4.74 Å². The van der Waals surface area contributed by atoms with Crippen LogP contribution >= 0.6 is 0 Å². The Balaban J connectivity index is 2.19. The molecule has 1 N–H and O–H groups in total. The number of nitrogens with one attached hydrogen (secondary N) is 1. The second-order valence-corrected chi connectivity index (χ2v) is 4.23. The predicted molar refractivity (Wildman–Crippen MR) is 60.1 cm³/mol. The summed E-state index contributed by atoms with van der Waals surface area (Å²) in [6, 6.07) is 0.455. The van der Waals surface area contributed by atoms with Crippen molar-refractivity contribution in [1.82, 2.24) is 9.55 Å². The summed E-state index contributed by atoms with van der Waals surface area (Å²) in [6.45, 7) is 6.04. The molecule has 1 aromatic rings. The number of hydrogen-bond acceptors (Lipinski definition) is 3. The van der Waals surface area contributed by atoms with Gasteiger partial charge in [0.1, 0.15) is 0 Å². The van der Waals surface area contributed by atoms with Crippen LogP contribution in [0.15, 0.2) is 6.20 Å². The van der Waals surface area contributed by atoms with E-state index in [9.17, 15) is 0 Å². The Morgan fingerprint density at radius 3 is 3.07 bits per heavy atom. The van der Waals surface area contributed by atoms with Crippen LogP contribution in [0.5, 0.6) is 0 Å². The van der Waals surface area contributed by atoms with Crippen LogP contribution in [0.25, 0.3) is 0 Å². The highest BCUT2D eigenvalue weighted by Gasteiger charge is 2.25. The number of aromatic nitrogens is 2. The van der Waals surface area contributed by atoms with E-state index in [0.29, 0.717) is 12.0 Å². The molecule has 1 saturated heterocycles. The highest BCUT2D eigenvalue weighted by molar-refractivity contribution is 5.28.